The van der Waals surface area contributed by atoms with E-state index < -0.39 is 23.6 Å². The van der Waals surface area contributed by atoms with Gasteiger partial charge in [-0.05, 0) is 29.8 Å². The van der Waals surface area contributed by atoms with Crippen LogP contribution in [0.25, 0.3) is 11.0 Å². The number of rotatable bonds is 4. The Kier molecular flexibility index (Phi) is 4.72. The monoisotopic (exact) mass is 359 g/mol. The van der Waals surface area contributed by atoms with E-state index in [2.05, 4.69) is 0 Å². The number of benzene rings is 1. The number of nitrogens with two attached hydrogens (primary N) is 1. The molecule has 2 N–H and O–H groups in total. The van der Waals surface area contributed by atoms with Gasteiger partial charge < -0.3 is 14.9 Å². The predicted octanol–water partition coefficient (Wildman–Crippen LogP) is 2.43. The first-order valence-corrected chi connectivity index (χ1v) is 8.02. The highest BCUT2D eigenvalue weighted by molar-refractivity contribution is 6.17. The minimum absolute atomic E-state index is 0.160. The fraction of sp³-hybridized carbons (Fsp3) is 0.167. The SMILES string of the molecule is NC(=O)C1=CC=CC(OC(=O)c2cc3cc(CCl)ccc3oc2=O)C1. The fourth-order valence-electron chi connectivity index (χ4n) is 2.51. The van der Waals surface area contributed by atoms with Crippen molar-refractivity contribution < 1.29 is 18.7 Å². The number of amides is 1. The number of halogens is 1. The van der Waals surface area contributed by atoms with E-state index in [1.54, 1.807) is 36.4 Å². The molecule has 0 radical (unpaired) electrons. The largest absolute Gasteiger partial charge is 0.454 e. The van der Waals surface area contributed by atoms with Crippen LogP contribution in [-0.2, 0) is 15.4 Å². The maximum absolute atomic E-state index is 12.3. The molecule has 1 atom stereocenters. The number of esters is 1. The second kappa shape index (κ2) is 6.94. The van der Waals surface area contributed by atoms with Crippen molar-refractivity contribution in [2.45, 2.75) is 18.4 Å². The summed E-state index contributed by atoms with van der Waals surface area (Å²) < 4.78 is 10.4. The second-order valence-corrected chi connectivity index (χ2v) is 5.81. The van der Waals surface area contributed by atoms with Crippen LogP contribution in [0.1, 0.15) is 22.3 Å². The van der Waals surface area contributed by atoms with Crippen molar-refractivity contribution in [3.8, 4) is 0 Å². The zero-order chi connectivity index (χ0) is 18.0. The number of carbonyl (C=O) groups is 2. The molecule has 1 heterocycles. The molecule has 1 aromatic carbocycles. The molecule has 1 aliphatic rings. The molecule has 0 saturated heterocycles. The summed E-state index contributed by atoms with van der Waals surface area (Å²) in [5.41, 5.74) is 5.74. The van der Waals surface area contributed by atoms with Crippen molar-refractivity contribution in [2.24, 2.45) is 5.73 Å². The van der Waals surface area contributed by atoms with Crippen molar-refractivity contribution in [1.29, 1.82) is 0 Å². The Bertz CT molecular complexity index is 973. The van der Waals surface area contributed by atoms with Gasteiger partial charge in [-0.25, -0.2) is 9.59 Å². The van der Waals surface area contributed by atoms with Gasteiger partial charge in [-0.15, -0.1) is 11.6 Å². The number of hydrogen-bond acceptors (Lipinski definition) is 5. The van der Waals surface area contributed by atoms with Crippen molar-refractivity contribution in [3.05, 3.63) is 69.6 Å². The van der Waals surface area contributed by atoms with Gasteiger partial charge in [0, 0.05) is 23.3 Å². The highest BCUT2D eigenvalue weighted by Gasteiger charge is 2.22. The van der Waals surface area contributed by atoms with Crippen molar-refractivity contribution in [3.63, 3.8) is 0 Å². The first-order chi connectivity index (χ1) is 12.0. The molecule has 6 nitrogen and oxygen atoms in total. The summed E-state index contributed by atoms with van der Waals surface area (Å²) in [6.07, 6.45) is 4.23. The van der Waals surface area contributed by atoms with Crippen LogP contribution in [0.3, 0.4) is 0 Å². The molecule has 2 aromatic rings. The lowest BCUT2D eigenvalue weighted by Gasteiger charge is -2.17. The number of alkyl halides is 1. The van der Waals surface area contributed by atoms with E-state index in [1.807, 2.05) is 0 Å². The Morgan fingerprint density at radius 3 is 2.84 bits per heavy atom. The molecule has 1 aliphatic carbocycles. The number of primary amides is 1. The lowest BCUT2D eigenvalue weighted by molar-refractivity contribution is -0.114. The van der Waals surface area contributed by atoms with Crippen LogP contribution in [0.15, 0.2) is 57.3 Å². The zero-order valence-electron chi connectivity index (χ0n) is 13.0. The normalized spacial score (nSPS) is 16.5. The first-order valence-electron chi connectivity index (χ1n) is 7.49. The maximum atomic E-state index is 12.3. The standard InChI is InChI=1S/C18H14ClNO5/c19-9-10-4-5-15-12(6-10)8-14(18(23)25-15)17(22)24-13-3-1-2-11(7-13)16(20)21/h1-6,8,13H,7,9H2,(H2,20,21). The molecule has 0 aliphatic heterocycles. The van der Waals surface area contributed by atoms with Crippen LogP contribution in [0.5, 0.6) is 0 Å². The average molecular weight is 360 g/mol. The van der Waals surface area contributed by atoms with Crippen LogP contribution >= 0.6 is 11.6 Å². The topological polar surface area (TPSA) is 99.6 Å². The second-order valence-electron chi connectivity index (χ2n) is 5.54. The van der Waals surface area contributed by atoms with Crippen LogP contribution in [0.2, 0.25) is 0 Å². The summed E-state index contributed by atoms with van der Waals surface area (Å²) in [5, 5.41) is 0.571. The summed E-state index contributed by atoms with van der Waals surface area (Å²) in [6, 6.07) is 6.51. The first kappa shape index (κ1) is 17.0. The Morgan fingerprint density at radius 1 is 1.32 bits per heavy atom. The molecule has 3 rings (SSSR count). The maximum Gasteiger partial charge on any atom is 0.351 e. The zero-order valence-corrected chi connectivity index (χ0v) is 13.8. The highest BCUT2D eigenvalue weighted by atomic mass is 35.5. The van der Waals surface area contributed by atoms with Gasteiger partial charge in [0.05, 0.1) is 0 Å². The van der Waals surface area contributed by atoms with E-state index in [9.17, 15) is 14.4 Å². The molecule has 1 amide bonds. The van der Waals surface area contributed by atoms with Crippen molar-refractivity contribution in [1.82, 2.24) is 0 Å². The van der Waals surface area contributed by atoms with E-state index in [1.165, 1.54) is 6.07 Å². The van der Waals surface area contributed by atoms with E-state index in [4.69, 9.17) is 26.5 Å². The highest BCUT2D eigenvalue weighted by Crippen LogP contribution is 2.19. The molecule has 0 spiro atoms. The van der Waals surface area contributed by atoms with Gasteiger partial charge in [0.1, 0.15) is 17.3 Å². The number of allylic oxidation sites excluding steroid dienone is 2. The summed E-state index contributed by atoms with van der Waals surface area (Å²) in [4.78, 5) is 35.6. The smallest absolute Gasteiger partial charge is 0.351 e. The van der Waals surface area contributed by atoms with Gasteiger partial charge in [-0.1, -0.05) is 18.2 Å². The van der Waals surface area contributed by atoms with Crippen molar-refractivity contribution in [2.75, 3.05) is 0 Å². The quantitative estimate of drug-likeness (QED) is 0.513. The Labute approximate surface area is 147 Å². The third-order valence-electron chi connectivity index (χ3n) is 3.79. The average Bonchev–Trinajstić information content (AvgIpc) is 2.60. The summed E-state index contributed by atoms with van der Waals surface area (Å²) in [6.45, 7) is 0. The van der Waals surface area contributed by atoms with Gasteiger partial charge in [-0.2, -0.15) is 0 Å². The van der Waals surface area contributed by atoms with Crippen LogP contribution in [-0.4, -0.2) is 18.0 Å². The number of fused-ring (bicyclic) bond motifs is 1. The fourth-order valence-corrected chi connectivity index (χ4v) is 2.68. The van der Waals surface area contributed by atoms with Gasteiger partial charge in [0.15, 0.2) is 0 Å². The third-order valence-corrected chi connectivity index (χ3v) is 4.10. The molecular weight excluding hydrogens is 346 g/mol. The Balaban J connectivity index is 1.86. The molecule has 0 fully saturated rings. The molecule has 0 saturated carbocycles. The summed E-state index contributed by atoms with van der Waals surface area (Å²) >= 11 is 5.79. The van der Waals surface area contributed by atoms with Crippen LogP contribution in [0.4, 0.5) is 0 Å². The third kappa shape index (κ3) is 3.64. The summed E-state index contributed by atoms with van der Waals surface area (Å²) in [7, 11) is 0. The van der Waals surface area contributed by atoms with Crippen molar-refractivity contribution >= 4 is 34.4 Å². The minimum atomic E-state index is -0.827. The number of hydrogen-bond donors (Lipinski definition) is 1. The lowest BCUT2D eigenvalue weighted by atomic mass is 10.0. The molecule has 1 unspecified atom stereocenters. The van der Waals surface area contributed by atoms with Crippen LogP contribution < -0.4 is 11.4 Å². The minimum Gasteiger partial charge on any atom is -0.454 e. The Morgan fingerprint density at radius 2 is 2.12 bits per heavy atom. The van der Waals surface area contributed by atoms with Gasteiger partial charge in [0.25, 0.3) is 0 Å². The number of carbonyl (C=O) groups excluding carboxylic acids is 2. The van der Waals surface area contributed by atoms with Crippen LogP contribution in [0, 0.1) is 0 Å². The van der Waals surface area contributed by atoms with E-state index >= 15 is 0 Å². The van der Waals surface area contributed by atoms with E-state index in [-0.39, 0.29) is 12.0 Å². The van der Waals surface area contributed by atoms with Gasteiger partial charge in [0.2, 0.25) is 5.91 Å². The van der Waals surface area contributed by atoms with Gasteiger partial charge in [-0.3, -0.25) is 4.79 Å². The predicted molar refractivity (Wildman–Crippen MR) is 92.3 cm³/mol. The summed E-state index contributed by atoms with van der Waals surface area (Å²) in [5.74, 6) is -1.11. The molecular formula is C18H14ClNO5. The number of ether oxygens (including phenoxy) is 1. The molecule has 1 aromatic heterocycles. The molecule has 128 valence electrons. The molecule has 0 bridgehead atoms. The van der Waals surface area contributed by atoms with Gasteiger partial charge >= 0.3 is 11.6 Å². The lowest BCUT2D eigenvalue weighted by Crippen LogP contribution is -2.25. The van der Waals surface area contributed by atoms with E-state index in [0.717, 1.165) is 5.56 Å². The molecule has 25 heavy (non-hydrogen) atoms. The Hall–Kier alpha value is -2.86. The van der Waals surface area contributed by atoms with E-state index in [0.29, 0.717) is 22.4 Å². The molecule has 7 heteroatoms.